The molecule has 14 heteroatoms. The van der Waals surface area contributed by atoms with Crippen LogP contribution in [0, 0.1) is 0 Å². The molecule has 0 bridgehead atoms. The van der Waals surface area contributed by atoms with Crippen LogP contribution in [0.4, 0.5) is 5.69 Å². The summed E-state index contributed by atoms with van der Waals surface area (Å²) in [4.78, 5) is 53.3. The Balaban J connectivity index is 1.07. The molecular weight excluding hydrogens is 662 g/mol. The topological polar surface area (TPSA) is 146 Å². The maximum Gasteiger partial charge on any atom is 0.253 e. The maximum atomic E-state index is 12.5. The number of benzene rings is 2. The molecule has 4 rings (SSSR count). The van der Waals surface area contributed by atoms with E-state index < -0.39 is 0 Å². The van der Waals surface area contributed by atoms with Gasteiger partial charge in [-0.05, 0) is 48.9 Å². The lowest BCUT2D eigenvalue weighted by molar-refractivity contribution is -0.137. The highest BCUT2D eigenvalue weighted by Crippen LogP contribution is 2.25. The minimum absolute atomic E-state index is 0.0312. The van der Waals surface area contributed by atoms with E-state index in [2.05, 4.69) is 10.3 Å². The van der Waals surface area contributed by atoms with Crippen molar-refractivity contribution in [1.29, 1.82) is 0 Å². The zero-order chi connectivity index (χ0) is 34.3. The quantitative estimate of drug-likeness (QED) is 0.110. The number of imide groups is 1. The van der Waals surface area contributed by atoms with Gasteiger partial charge in [0.1, 0.15) is 22.1 Å². The van der Waals surface area contributed by atoms with Gasteiger partial charge in [-0.2, -0.15) is 0 Å². The summed E-state index contributed by atoms with van der Waals surface area (Å²) in [6.45, 7) is 2.02. The zero-order valence-corrected chi connectivity index (χ0v) is 28.0. The van der Waals surface area contributed by atoms with Crippen LogP contribution in [-0.2, 0) is 33.4 Å². The number of hydrogen-bond acceptors (Lipinski definition) is 11. The van der Waals surface area contributed by atoms with Crippen molar-refractivity contribution >= 4 is 69.0 Å². The average Bonchev–Trinajstić information content (AvgIpc) is 3.40. The van der Waals surface area contributed by atoms with Gasteiger partial charge in [-0.15, -0.1) is 0 Å². The van der Waals surface area contributed by atoms with E-state index in [0.717, 1.165) is 10.3 Å². The van der Waals surface area contributed by atoms with Crippen molar-refractivity contribution in [3.8, 4) is 5.75 Å². The van der Waals surface area contributed by atoms with Gasteiger partial charge in [-0.25, -0.2) is 4.99 Å². The van der Waals surface area contributed by atoms with Crippen LogP contribution in [0.25, 0.3) is 11.0 Å². The van der Waals surface area contributed by atoms with Gasteiger partial charge in [-0.3, -0.25) is 24.1 Å². The largest absolute Gasteiger partial charge is 0.496 e. The lowest BCUT2D eigenvalue weighted by Crippen LogP contribution is -2.32. The molecular formula is C34H36ClN3O9S. The van der Waals surface area contributed by atoms with Gasteiger partial charge < -0.3 is 28.7 Å². The fraction of sp³-hybridized carbons (Fsp3) is 0.353. The Hall–Kier alpha value is -4.27. The molecule has 0 radical (unpaired) electrons. The van der Waals surface area contributed by atoms with Crippen LogP contribution in [0.2, 0.25) is 5.02 Å². The molecule has 0 unspecified atom stereocenters. The first kappa shape index (κ1) is 36.6. The molecule has 0 aliphatic carbocycles. The number of nitrogens with one attached hydrogen (secondary N) is 1. The number of carbonyl (C=O) groups is 4. The zero-order valence-electron chi connectivity index (χ0n) is 26.4. The average molecular weight is 698 g/mol. The third kappa shape index (κ3) is 11.5. The second-order valence-electron chi connectivity index (χ2n) is 10.5. The summed E-state index contributed by atoms with van der Waals surface area (Å²) in [5.41, 5.74) is 2.09. The number of fused-ring (bicyclic) bond motifs is 1. The summed E-state index contributed by atoms with van der Waals surface area (Å²) in [6.07, 6.45) is 3.48. The van der Waals surface area contributed by atoms with Crippen molar-refractivity contribution in [2.24, 2.45) is 4.99 Å². The van der Waals surface area contributed by atoms with Crippen LogP contribution in [0.5, 0.6) is 5.75 Å². The minimum atomic E-state index is -0.387. The molecule has 0 atom stereocenters. The summed E-state index contributed by atoms with van der Waals surface area (Å²) >= 11 is 11.5. The second kappa shape index (κ2) is 18.9. The number of ketones is 1. The molecule has 254 valence electrons. The summed E-state index contributed by atoms with van der Waals surface area (Å²) in [5, 5.41) is 4.18. The van der Waals surface area contributed by atoms with Crippen molar-refractivity contribution in [3.63, 3.8) is 0 Å². The highest BCUT2D eigenvalue weighted by molar-refractivity contribution is 7.80. The van der Waals surface area contributed by atoms with Gasteiger partial charge in [0.2, 0.25) is 11.5 Å². The number of thiocarbonyl (C=S) groups is 1. The first-order chi connectivity index (χ1) is 23.2. The highest BCUT2D eigenvalue weighted by Gasteiger charge is 2.23. The standard InChI is InChI=1S/C34H36ClN3O9S/c1-43-29-8-6-25(36-31-9-4-23-21-24(35)5-7-28(23)47-31)22-27(29)34(48)37-30(40)13-16-45-18-20-46-19-17-44-15-2-3-26(39)12-14-38-32(41)10-11-33(38)42/h4-11,21-22H,2-3,12-20H2,1H3,(H,37,40,48). The van der Waals surface area contributed by atoms with Gasteiger partial charge in [0.05, 0.1) is 57.8 Å². The molecule has 1 aliphatic heterocycles. The van der Waals surface area contributed by atoms with Crippen molar-refractivity contribution in [3.05, 3.63) is 76.8 Å². The molecule has 2 heterocycles. The number of hydrogen-bond donors (Lipinski definition) is 1. The fourth-order valence-electron chi connectivity index (χ4n) is 4.53. The summed E-state index contributed by atoms with van der Waals surface area (Å²) in [6, 6.07) is 14.1. The molecule has 1 aromatic heterocycles. The number of ether oxygens (including phenoxy) is 4. The Morgan fingerprint density at radius 3 is 2.31 bits per heavy atom. The Morgan fingerprint density at radius 1 is 0.875 bits per heavy atom. The Kier molecular flexibility index (Phi) is 14.4. The molecule has 0 spiro atoms. The number of Topliss-reactive ketones (excluding diaryl/α,β-unsaturated/α-hetero) is 1. The molecule has 48 heavy (non-hydrogen) atoms. The number of carbonyl (C=O) groups excluding carboxylic acids is 4. The summed E-state index contributed by atoms with van der Waals surface area (Å²) in [7, 11) is 1.52. The fourth-order valence-corrected chi connectivity index (χ4v) is 4.98. The Bertz CT molecular complexity index is 1720. The molecule has 3 amide bonds. The van der Waals surface area contributed by atoms with Crippen molar-refractivity contribution in [2.45, 2.75) is 25.7 Å². The van der Waals surface area contributed by atoms with Gasteiger partial charge in [0.25, 0.3) is 11.8 Å². The first-order valence-electron chi connectivity index (χ1n) is 15.3. The number of rotatable bonds is 19. The molecule has 2 aromatic carbocycles. The molecule has 0 fully saturated rings. The van der Waals surface area contributed by atoms with Crippen LogP contribution >= 0.6 is 23.8 Å². The van der Waals surface area contributed by atoms with Crippen LogP contribution in [0.15, 0.2) is 70.1 Å². The van der Waals surface area contributed by atoms with Crippen molar-refractivity contribution in [1.82, 2.24) is 10.2 Å². The van der Waals surface area contributed by atoms with Crippen LogP contribution in [0.1, 0.15) is 31.2 Å². The number of amides is 3. The molecule has 3 aromatic rings. The predicted octanol–water partition coefficient (Wildman–Crippen LogP) is 4.22. The van der Waals surface area contributed by atoms with E-state index in [1.54, 1.807) is 42.5 Å². The van der Waals surface area contributed by atoms with Crippen LogP contribution < -0.4 is 15.6 Å². The van der Waals surface area contributed by atoms with E-state index in [9.17, 15) is 19.2 Å². The van der Waals surface area contributed by atoms with Crippen molar-refractivity contribution < 1.29 is 42.5 Å². The third-order valence-corrected chi connectivity index (χ3v) is 7.55. The Labute approximate surface area is 287 Å². The lowest BCUT2D eigenvalue weighted by Gasteiger charge is -2.12. The van der Waals surface area contributed by atoms with E-state index in [-0.39, 0.29) is 54.5 Å². The lowest BCUT2D eigenvalue weighted by atomic mass is 10.1. The SMILES string of the molecule is COc1ccc(N=c2ccc3cc(Cl)ccc3o2)cc1C(=S)NC(=O)CCOCCOCCOCCCC(=O)CCN1C(=O)C=CC1=O. The second-order valence-corrected chi connectivity index (χ2v) is 11.3. The van der Waals surface area contributed by atoms with Gasteiger partial charge in [0, 0.05) is 54.6 Å². The van der Waals surface area contributed by atoms with Crippen molar-refractivity contribution in [2.75, 3.05) is 53.3 Å². The minimum Gasteiger partial charge on any atom is -0.496 e. The van der Waals surface area contributed by atoms with Crippen LogP contribution in [-0.4, -0.2) is 86.7 Å². The molecule has 0 saturated heterocycles. The van der Waals surface area contributed by atoms with E-state index in [1.165, 1.54) is 19.3 Å². The first-order valence-corrected chi connectivity index (χ1v) is 16.1. The number of methoxy groups -OCH3 is 1. The maximum absolute atomic E-state index is 12.5. The number of halogens is 1. The summed E-state index contributed by atoms with van der Waals surface area (Å²) < 4.78 is 27.7. The monoisotopic (exact) mass is 697 g/mol. The van der Waals surface area contributed by atoms with E-state index in [4.69, 9.17) is 47.2 Å². The van der Waals surface area contributed by atoms with Crippen LogP contribution in [0.3, 0.4) is 0 Å². The normalized spacial score (nSPS) is 13.0. The number of nitrogens with zero attached hydrogens (tertiary/aromatic N) is 2. The molecule has 12 nitrogen and oxygen atoms in total. The predicted molar refractivity (Wildman–Crippen MR) is 181 cm³/mol. The summed E-state index contributed by atoms with van der Waals surface area (Å²) in [5.74, 6) is -0.630. The third-order valence-electron chi connectivity index (χ3n) is 6.99. The van der Waals surface area contributed by atoms with Gasteiger partial charge in [0.15, 0.2) is 0 Å². The molecule has 0 saturated carbocycles. The van der Waals surface area contributed by atoms with Gasteiger partial charge in [-0.1, -0.05) is 23.8 Å². The highest BCUT2D eigenvalue weighted by atomic mass is 35.5. The molecule has 1 aliphatic rings. The molecule has 1 N–H and O–H groups in total. The van der Waals surface area contributed by atoms with E-state index >= 15 is 0 Å². The smallest absolute Gasteiger partial charge is 0.253 e. The Morgan fingerprint density at radius 2 is 1.58 bits per heavy atom. The van der Waals surface area contributed by atoms with E-state index in [0.29, 0.717) is 79.0 Å². The van der Waals surface area contributed by atoms with E-state index in [1.807, 2.05) is 6.07 Å². The van der Waals surface area contributed by atoms with Gasteiger partial charge >= 0.3 is 0 Å².